The minimum Gasteiger partial charge on any atom is -0.481 e. The van der Waals surface area contributed by atoms with Crippen LogP contribution in [0, 0.1) is 5.92 Å². The number of nitrogens with zero attached hydrogens (tertiary/aromatic N) is 1. The van der Waals surface area contributed by atoms with Crippen molar-refractivity contribution in [3.05, 3.63) is 96.1 Å². The van der Waals surface area contributed by atoms with Gasteiger partial charge in [-0.15, -0.1) is 0 Å². The first-order chi connectivity index (χ1) is 16.5. The zero-order chi connectivity index (χ0) is 24.3. The van der Waals surface area contributed by atoms with Crippen LogP contribution < -0.4 is 0 Å². The molecule has 0 unspecified atom stereocenters. The lowest BCUT2D eigenvalue weighted by Gasteiger charge is -2.22. The minimum absolute atomic E-state index is 0. The molecule has 3 aromatic rings. The zero-order valence-electron chi connectivity index (χ0n) is 19.2. The van der Waals surface area contributed by atoms with Gasteiger partial charge in [0.05, 0.1) is 5.92 Å². The highest BCUT2D eigenvalue weighted by Gasteiger charge is 2.28. The Morgan fingerprint density at radius 3 is 2.21 bits per heavy atom. The molecule has 0 saturated heterocycles. The van der Waals surface area contributed by atoms with E-state index in [0.717, 1.165) is 16.7 Å². The topological polar surface area (TPSA) is 74.7 Å². The fourth-order valence-electron chi connectivity index (χ4n) is 3.61. The van der Waals surface area contributed by atoms with Gasteiger partial charge < -0.3 is 5.11 Å². The van der Waals surface area contributed by atoms with E-state index < -0.39 is 23.7 Å². The summed E-state index contributed by atoms with van der Waals surface area (Å²) in [5.41, 5.74) is 3.38. The predicted molar refractivity (Wildman–Crippen MR) is 139 cm³/mol. The van der Waals surface area contributed by atoms with Gasteiger partial charge in [0.2, 0.25) is 5.91 Å². The Morgan fingerprint density at radius 2 is 1.56 bits per heavy atom. The molecule has 0 bridgehead atoms. The first-order valence-electron chi connectivity index (χ1n) is 11.3. The van der Waals surface area contributed by atoms with Crippen LogP contribution in [0.4, 0.5) is 0 Å². The highest BCUT2D eigenvalue weighted by molar-refractivity contribution is 7.98. The SMILES string of the molecule is CCCN(C(=O)C[C@H](CSCc1ccccc1)C(=O)O)C(=O)c1cccc(-c2ccccc2)c1.[2HH]. The van der Waals surface area contributed by atoms with E-state index in [1.807, 2.05) is 73.7 Å². The van der Waals surface area contributed by atoms with Gasteiger partial charge in [0, 0.05) is 31.5 Å². The van der Waals surface area contributed by atoms with Crippen LogP contribution in [0.3, 0.4) is 0 Å². The van der Waals surface area contributed by atoms with E-state index in [-0.39, 0.29) is 14.4 Å². The molecular formula is C28H31NO4S. The molecule has 0 aliphatic heterocycles. The van der Waals surface area contributed by atoms with Gasteiger partial charge in [-0.25, -0.2) is 0 Å². The van der Waals surface area contributed by atoms with Crippen molar-refractivity contribution in [2.24, 2.45) is 5.92 Å². The minimum atomic E-state index is -1.02. The second-order valence-electron chi connectivity index (χ2n) is 8.04. The fraction of sp³-hybridized carbons (Fsp3) is 0.250. The van der Waals surface area contributed by atoms with Crippen molar-refractivity contribution in [3.8, 4) is 11.1 Å². The molecule has 5 nitrogen and oxygen atoms in total. The highest BCUT2D eigenvalue weighted by atomic mass is 32.2. The van der Waals surface area contributed by atoms with Crippen LogP contribution >= 0.6 is 11.8 Å². The molecule has 0 spiro atoms. The third-order valence-electron chi connectivity index (χ3n) is 5.41. The number of carboxylic acid groups (broad SMARTS) is 1. The summed E-state index contributed by atoms with van der Waals surface area (Å²) in [5.74, 6) is -1.76. The Labute approximate surface area is 206 Å². The van der Waals surface area contributed by atoms with Crippen LogP contribution in [0.5, 0.6) is 0 Å². The van der Waals surface area contributed by atoms with Gasteiger partial charge in [0.15, 0.2) is 0 Å². The van der Waals surface area contributed by atoms with Crippen molar-refractivity contribution in [2.75, 3.05) is 12.3 Å². The van der Waals surface area contributed by atoms with E-state index >= 15 is 0 Å². The van der Waals surface area contributed by atoms with E-state index in [1.165, 1.54) is 16.7 Å². The van der Waals surface area contributed by atoms with Crippen LogP contribution in [0.1, 0.15) is 37.1 Å². The number of rotatable bonds is 11. The van der Waals surface area contributed by atoms with E-state index in [4.69, 9.17) is 0 Å². The summed E-state index contributed by atoms with van der Waals surface area (Å²) >= 11 is 1.48. The summed E-state index contributed by atoms with van der Waals surface area (Å²) in [6.07, 6.45) is 0.386. The molecular weight excluding hydrogens is 446 g/mol. The van der Waals surface area contributed by atoms with Crippen molar-refractivity contribution in [1.29, 1.82) is 0 Å². The second kappa shape index (κ2) is 12.8. The number of imide groups is 1. The average molecular weight is 479 g/mol. The molecule has 0 aliphatic rings. The first kappa shape index (κ1) is 25.2. The molecule has 3 rings (SSSR count). The Kier molecular flexibility index (Phi) is 9.47. The number of thioether (sulfide) groups is 1. The van der Waals surface area contributed by atoms with Gasteiger partial charge in [-0.05, 0) is 35.2 Å². The standard InChI is InChI=1S/C28H29NO4S.H2/c1-2-16-29(27(31)24-15-9-14-23(17-24)22-12-7-4-8-13-22)26(30)18-25(28(32)33)20-34-19-21-10-5-3-6-11-21;/h3-15,17,25H,2,16,18-20H2,1H3,(H,32,33);1H/t25-;/m1./s1/i;1+1. The monoisotopic (exact) mass is 478 g/mol. The van der Waals surface area contributed by atoms with Crippen LogP contribution in [0.25, 0.3) is 11.1 Å². The Hall–Kier alpha value is -3.38. The van der Waals surface area contributed by atoms with E-state index in [2.05, 4.69) is 0 Å². The number of carbonyl (C=O) groups excluding carboxylic acids is 2. The van der Waals surface area contributed by atoms with Gasteiger partial charge in [0.1, 0.15) is 0 Å². The van der Waals surface area contributed by atoms with Crippen molar-refractivity contribution >= 4 is 29.5 Å². The van der Waals surface area contributed by atoms with Gasteiger partial charge in [-0.1, -0.05) is 79.7 Å². The molecule has 1 N–H and O–H groups in total. The van der Waals surface area contributed by atoms with Crippen LogP contribution in [0.15, 0.2) is 84.9 Å². The van der Waals surface area contributed by atoms with E-state index in [1.54, 1.807) is 18.2 Å². The molecule has 6 heteroatoms. The Morgan fingerprint density at radius 1 is 0.912 bits per heavy atom. The highest BCUT2D eigenvalue weighted by Crippen LogP contribution is 2.22. The predicted octanol–water partition coefficient (Wildman–Crippen LogP) is 6.00. The summed E-state index contributed by atoms with van der Waals surface area (Å²) in [5, 5.41) is 9.68. The summed E-state index contributed by atoms with van der Waals surface area (Å²) in [7, 11) is 0. The average Bonchev–Trinajstić information content (AvgIpc) is 2.87. The number of benzene rings is 3. The molecule has 2 amide bonds. The third kappa shape index (κ3) is 7.06. The smallest absolute Gasteiger partial charge is 0.307 e. The lowest BCUT2D eigenvalue weighted by atomic mass is 10.0. The largest absolute Gasteiger partial charge is 0.481 e. The number of carboxylic acids is 1. The fourth-order valence-corrected chi connectivity index (χ4v) is 4.70. The summed E-state index contributed by atoms with van der Waals surface area (Å²) in [6.45, 7) is 2.13. The van der Waals surface area contributed by atoms with Crippen molar-refractivity contribution in [1.82, 2.24) is 4.90 Å². The Balaban J connectivity index is 0.00000432. The van der Waals surface area contributed by atoms with Gasteiger partial charge >= 0.3 is 5.97 Å². The summed E-state index contributed by atoms with van der Waals surface area (Å²) in [6, 6.07) is 26.7. The summed E-state index contributed by atoms with van der Waals surface area (Å²) < 4.78 is 0. The summed E-state index contributed by atoms with van der Waals surface area (Å²) in [4.78, 5) is 39.4. The molecule has 3 aromatic carbocycles. The van der Waals surface area contributed by atoms with Gasteiger partial charge in [-0.2, -0.15) is 11.8 Å². The number of amides is 2. The van der Waals surface area contributed by atoms with Crippen molar-refractivity contribution < 1.29 is 20.9 Å². The maximum absolute atomic E-state index is 13.3. The molecule has 0 fully saturated rings. The molecule has 0 aromatic heterocycles. The van der Waals surface area contributed by atoms with Gasteiger partial charge in [0.25, 0.3) is 5.91 Å². The zero-order valence-corrected chi connectivity index (χ0v) is 20.0. The lowest BCUT2D eigenvalue weighted by molar-refractivity contribution is -0.144. The normalized spacial score (nSPS) is 11.6. The molecule has 34 heavy (non-hydrogen) atoms. The van der Waals surface area contributed by atoms with Crippen LogP contribution in [-0.2, 0) is 15.3 Å². The first-order valence-corrected chi connectivity index (χ1v) is 12.5. The lowest BCUT2D eigenvalue weighted by Crippen LogP contribution is -2.39. The maximum atomic E-state index is 13.3. The quantitative estimate of drug-likeness (QED) is 0.366. The third-order valence-corrected chi connectivity index (χ3v) is 6.59. The molecule has 178 valence electrons. The van der Waals surface area contributed by atoms with E-state index in [0.29, 0.717) is 23.5 Å². The number of carbonyl (C=O) groups is 3. The number of hydrogen-bond donors (Lipinski definition) is 1. The maximum Gasteiger partial charge on any atom is 0.307 e. The second-order valence-corrected chi connectivity index (χ2v) is 9.07. The Bertz CT molecular complexity index is 1110. The molecule has 0 heterocycles. The molecule has 0 aliphatic carbocycles. The molecule has 1 atom stereocenters. The van der Waals surface area contributed by atoms with E-state index in [9.17, 15) is 19.5 Å². The molecule has 0 saturated carbocycles. The van der Waals surface area contributed by atoms with Crippen molar-refractivity contribution in [2.45, 2.75) is 25.5 Å². The van der Waals surface area contributed by atoms with Crippen LogP contribution in [-0.4, -0.2) is 40.1 Å². The number of aliphatic carboxylic acids is 1. The molecule has 0 radical (unpaired) electrons. The van der Waals surface area contributed by atoms with Crippen molar-refractivity contribution in [3.63, 3.8) is 0 Å². The van der Waals surface area contributed by atoms with Gasteiger partial charge in [-0.3, -0.25) is 19.3 Å². The van der Waals surface area contributed by atoms with Crippen LogP contribution in [0.2, 0.25) is 0 Å². The number of hydrogen-bond acceptors (Lipinski definition) is 4.